The number of rotatable bonds is 0. The first-order valence-electron chi connectivity index (χ1n) is 3.90. The predicted molar refractivity (Wildman–Crippen MR) is 46.0 cm³/mol. The lowest BCUT2D eigenvalue weighted by Crippen LogP contribution is -2.10. The molecular weight excluding hydrogens is 152 g/mol. The van der Waals surface area contributed by atoms with Crippen molar-refractivity contribution in [3.63, 3.8) is 0 Å². The highest BCUT2D eigenvalue weighted by molar-refractivity contribution is 5.98. The van der Waals surface area contributed by atoms with E-state index >= 15 is 0 Å². The summed E-state index contributed by atoms with van der Waals surface area (Å²) in [6.45, 7) is 4.47. The fraction of sp³-hybridized carbons (Fsp3) is 0.333. The molecule has 3 nitrogen and oxygen atoms in total. The van der Waals surface area contributed by atoms with Gasteiger partial charge in [-0.25, -0.2) is 0 Å². The third-order valence-corrected chi connectivity index (χ3v) is 1.87. The van der Waals surface area contributed by atoms with Crippen LogP contribution >= 0.6 is 0 Å². The summed E-state index contributed by atoms with van der Waals surface area (Å²) in [4.78, 5) is 9.30. The number of aryl methyl sites for hydroxylation is 1. The number of nitrogens with zero attached hydrogens (tertiary/aromatic N) is 2. The summed E-state index contributed by atoms with van der Waals surface area (Å²) >= 11 is 0. The van der Waals surface area contributed by atoms with Crippen LogP contribution in [0.25, 0.3) is 0 Å². The van der Waals surface area contributed by atoms with Crippen molar-refractivity contribution in [2.75, 3.05) is 0 Å². The SMILES string of the molecule is CC1=NOCc2cc(C)cnc21. The van der Waals surface area contributed by atoms with Crippen LogP contribution in [0.2, 0.25) is 0 Å². The van der Waals surface area contributed by atoms with Crippen LogP contribution in [0.15, 0.2) is 17.4 Å². The van der Waals surface area contributed by atoms with Crippen molar-refractivity contribution < 1.29 is 4.84 Å². The highest BCUT2D eigenvalue weighted by Crippen LogP contribution is 2.15. The summed E-state index contributed by atoms with van der Waals surface area (Å²) in [5.74, 6) is 0. The van der Waals surface area contributed by atoms with Gasteiger partial charge in [0.25, 0.3) is 0 Å². The molecule has 0 aromatic carbocycles. The molecule has 12 heavy (non-hydrogen) atoms. The number of aromatic nitrogens is 1. The Labute approximate surface area is 71.1 Å². The van der Waals surface area contributed by atoms with Crippen molar-refractivity contribution in [2.24, 2.45) is 5.16 Å². The highest BCUT2D eigenvalue weighted by Gasteiger charge is 2.12. The monoisotopic (exact) mass is 162 g/mol. The Morgan fingerprint density at radius 2 is 2.25 bits per heavy atom. The molecule has 3 heteroatoms. The Bertz CT molecular complexity index is 344. The Balaban J connectivity index is 2.56. The topological polar surface area (TPSA) is 34.5 Å². The van der Waals surface area contributed by atoms with Gasteiger partial charge in [0.2, 0.25) is 0 Å². The number of oxime groups is 1. The van der Waals surface area contributed by atoms with Crippen molar-refractivity contribution in [1.82, 2.24) is 4.98 Å². The number of fused-ring (bicyclic) bond motifs is 1. The van der Waals surface area contributed by atoms with Crippen LogP contribution in [0.4, 0.5) is 0 Å². The third-order valence-electron chi connectivity index (χ3n) is 1.87. The van der Waals surface area contributed by atoms with E-state index in [4.69, 9.17) is 4.84 Å². The fourth-order valence-electron chi connectivity index (χ4n) is 1.31. The van der Waals surface area contributed by atoms with Crippen LogP contribution in [0.1, 0.15) is 23.7 Å². The third kappa shape index (κ3) is 1.07. The maximum atomic E-state index is 5.01. The fourth-order valence-corrected chi connectivity index (χ4v) is 1.31. The van der Waals surface area contributed by atoms with E-state index in [2.05, 4.69) is 16.2 Å². The van der Waals surface area contributed by atoms with E-state index < -0.39 is 0 Å². The molecule has 0 N–H and O–H groups in total. The van der Waals surface area contributed by atoms with E-state index in [0.29, 0.717) is 6.61 Å². The highest BCUT2D eigenvalue weighted by atomic mass is 16.6. The minimum Gasteiger partial charge on any atom is -0.391 e. The van der Waals surface area contributed by atoms with Gasteiger partial charge in [0.05, 0.1) is 5.69 Å². The first-order chi connectivity index (χ1) is 5.77. The zero-order valence-corrected chi connectivity index (χ0v) is 7.16. The number of hydrogen-bond acceptors (Lipinski definition) is 3. The van der Waals surface area contributed by atoms with Crippen molar-refractivity contribution >= 4 is 5.71 Å². The molecule has 0 spiro atoms. The average Bonchev–Trinajstić information content (AvgIpc) is 2.04. The molecule has 1 aromatic rings. The summed E-state index contributed by atoms with van der Waals surface area (Å²) in [7, 11) is 0. The maximum absolute atomic E-state index is 5.01. The standard InChI is InChI=1S/C9H10N2O/c1-6-3-8-5-12-11-7(2)9(8)10-4-6/h3-4H,5H2,1-2H3. The first kappa shape index (κ1) is 7.28. The number of hydrogen-bond donors (Lipinski definition) is 0. The van der Waals surface area contributed by atoms with Crippen LogP contribution in [0, 0.1) is 6.92 Å². The molecule has 0 amide bonds. The quantitative estimate of drug-likeness (QED) is 0.581. The largest absolute Gasteiger partial charge is 0.391 e. The van der Waals surface area contributed by atoms with Crippen LogP contribution in [0.3, 0.4) is 0 Å². The minimum atomic E-state index is 0.543. The smallest absolute Gasteiger partial charge is 0.144 e. The second kappa shape index (κ2) is 2.59. The first-order valence-corrected chi connectivity index (χ1v) is 3.90. The molecule has 1 aromatic heterocycles. The van der Waals surface area contributed by atoms with E-state index in [1.54, 1.807) is 0 Å². The summed E-state index contributed by atoms with van der Waals surface area (Å²) < 4.78 is 0. The van der Waals surface area contributed by atoms with Gasteiger partial charge in [-0.1, -0.05) is 5.16 Å². The van der Waals surface area contributed by atoms with Crippen molar-refractivity contribution in [3.05, 3.63) is 29.1 Å². The summed E-state index contributed by atoms with van der Waals surface area (Å²) in [6.07, 6.45) is 1.85. The summed E-state index contributed by atoms with van der Waals surface area (Å²) in [5.41, 5.74) is 4.11. The molecule has 1 aliphatic rings. The van der Waals surface area contributed by atoms with E-state index in [1.165, 1.54) is 0 Å². The normalized spacial score (nSPS) is 14.7. The Morgan fingerprint density at radius 1 is 1.42 bits per heavy atom. The molecular formula is C9H10N2O. The molecule has 2 rings (SSSR count). The number of pyridine rings is 1. The van der Waals surface area contributed by atoms with Crippen LogP contribution in [-0.2, 0) is 11.4 Å². The second-order valence-electron chi connectivity index (χ2n) is 2.97. The molecule has 0 unspecified atom stereocenters. The Morgan fingerprint density at radius 3 is 3.08 bits per heavy atom. The van der Waals surface area contributed by atoms with E-state index in [-0.39, 0.29) is 0 Å². The molecule has 62 valence electrons. The van der Waals surface area contributed by atoms with E-state index in [1.807, 2.05) is 20.0 Å². The molecule has 2 heterocycles. The molecule has 0 atom stereocenters. The molecule has 0 saturated carbocycles. The van der Waals surface area contributed by atoms with Gasteiger partial charge in [-0.3, -0.25) is 4.98 Å². The maximum Gasteiger partial charge on any atom is 0.144 e. The van der Waals surface area contributed by atoms with Crippen molar-refractivity contribution in [1.29, 1.82) is 0 Å². The summed E-state index contributed by atoms with van der Waals surface area (Å²) in [6, 6.07) is 2.08. The predicted octanol–water partition coefficient (Wildman–Crippen LogP) is 1.64. The molecule has 0 saturated heterocycles. The molecule has 0 bridgehead atoms. The van der Waals surface area contributed by atoms with Crippen molar-refractivity contribution in [2.45, 2.75) is 20.5 Å². The van der Waals surface area contributed by atoms with Crippen LogP contribution in [0.5, 0.6) is 0 Å². The average molecular weight is 162 g/mol. The van der Waals surface area contributed by atoms with Gasteiger partial charge in [-0.05, 0) is 25.5 Å². The zero-order chi connectivity index (χ0) is 8.55. The van der Waals surface area contributed by atoms with E-state index in [9.17, 15) is 0 Å². The zero-order valence-electron chi connectivity index (χ0n) is 7.16. The second-order valence-corrected chi connectivity index (χ2v) is 2.97. The lowest BCUT2D eigenvalue weighted by atomic mass is 10.1. The van der Waals surface area contributed by atoms with Gasteiger partial charge < -0.3 is 4.84 Å². The van der Waals surface area contributed by atoms with Gasteiger partial charge >= 0.3 is 0 Å². The van der Waals surface area contributed by atoms with Crippen LogP contribution in [-0.4, -0.2) is 10.7 Å². The van der Waals surface area contributed by atoms with Crippen molar-refractivity contribution in [3.8, 4) is 0 Å². The molecule has 0 aliphatic carbocycles. The molecule has 1 aliphatic heterocycles. The van der Waals surface area contributed by atoms with Gasteiger partial charge in [0, 0.05) is 11.8 Å². The minimum absolute atomic E-state index is 0.543. The lowest BCUT2D eigenvalue weighted by Gasteiger charge is -2.12. The summed E-state index contributed by atoms with van der Waals surface area (Å²) in [5, 5.41) is 3.86. The Kier molecular flexibility index (Phi) is 1.57. The Hall–Kier alpha value is -1.38. The van der Waals surface area contributed by atoms with Gasteiger partial charge in [-0.2, -0.15) is 0 Å². The lowest BCUT2D eigenvalue weighted by molar-refractivity contribution is 0.125. The van der Waals surface area contributed by atoms with Gasteiger partial charge in [-0.15, -0.1) is 0 Å². The van der Waals surface area contributed by atoms with Crippen LogP contribution < -0.4 is 0 Å². The van der Waals surface area contributed by atoms with Gasteiger partial charge in [0.1, 0.15) is 12.3 Å². The van der Waals surface area contributed by atoms with Gasteiger partial charge in [0.15, 0.2) is 0 Å². The molecule has 0 radical (unpaired) electrons. The molecule has 0 fully saturated rings. The van der Waals surface area contributed by atoms with E-state index in [0.717, 1.165) is 22.5 Å².